The van der Waals surface area contributed by atoms with Crippen LogP contribution in [0.1, 0.15) is 12.5 Å². The second-order valence-electron chi connectivity index (χ2n) is 4.31. The van der Waals surface area contributed by atoms with Gasteiger partial charge in [0, 0.05) is 9.26 Å². The maximum absolute atomic E-state index is 12.0. The third kappa shape index (κ3) is 4.52. The molecule has 104 valence electrons. The molecular weight excluding hydrogens is 365 g/mol. The number of carbonyl (C=O) groups excluding carboxylic acids is 1. The second-order valence-corrected chi connectivity index (χ2v) is 5.56. The lowest BCUT2D eigenvalue weighted by Gasteiger charge is -2.07. The Balaban J connectivity index is 1.94. The molecule has 0 saturated heterocycles. The monoisotopic (exact) mass is 381 g/mol. The van der Waals surface area contributed by atoms with Gasteiger partial charge in [0.2, 0.25) is 5.91 Å². The number of hydrogen-bond donors (Lipinski definition) is 1. The molecular formula is C16H16INO2. The van der Waals surface area contributed by atoms with E-state index in [1.807, 2.05) is 55.5 Å². The molecule has 0 aliphatic carbocycles. The molecule has 0 unspecified atom stereocenters. The second kappa shape index (κ2) is 7.28. The Morgan fingerprint density at radius 3 is 2.60 bits per heavy atom. The number of ether oxygens (including phenoxy) is 1. The molecule has 1 N–H and O–H groups in total. The fourth-order valence-electron chi connectivity index (χ4n) is 1.83. The van der Waals surface area contributed by atoms with Crippen molar-refractivity contribution >= 4 is 34.2 Å². The number of rotatable bonds is 5. The first kappa shape index (κ1) is 14.8. The lowest BCUT2D eigenvalue weighted by atomic mass is 10.1. The first-order valence-electron chi connectivity index (χ1n) is 6.44. The molecule has 2 aromatic rings. The van der Waals surface area contributed by atoms with Crippen molar-refractivity contribution in [3.63, 3.8) is 0 Å². The molecule has 0 radical (unpaired) electrons. The summed E-state index contributed by atoms with van der Waals surface area (Å²) in [7, 11) is 0. The molecule has 2 rings (SSSR count). The molecule has 0 heterocycles. The summed E-state index contributed by atoms with van der Waals surface area (Å²) in [4.78, 5) is 12.0. The van der Waals surface area contributed by atoms with E-state index >= 15 is 0 Å². The van der Waals surface area contributed by atoms with Crippen LogP contribution in [0, 0.1) is 3.57 Å². The van der Waals surface area contributed by atoms with Crippen molar-refractivity contribution in [1.29, 1.82) is 0 Å². The van der Waals surface area contributed by atoms with Crippen LogP contribution >= 0.6 is 22.6 Å². The van der Waals surface area contributed by atoms with Crippen LogP contribution in [-0.2, 0) is 11.2 Å². The number of halogens is 1. The standard InChI is InChI=1S/C16H16INO2/c1-2-20-15-8-6-12(7-9-15)10-16(19)18-14-5-3-4-13(17)11-14/h3-9,11H,2,10H2,1H3,(H,18,19). The summed E-state index contributed by atoms with van der Waals surface area (Å²) in [5.41, 5.74) is 1.80. The molecule has 0 bridgehead atoms. The summed E-state index contributed by atoms with van der Waals surface area (Å²) < 4.78 is 6.47. The van der Waals surface area contributed by atoms with Crippen LogP contribution < -0.4 is 10.1 Å². The van der Waals surface area contributed by atoms with E-state index < -0.39 is 0 Å². The van der Waals surface area contributed by atoms with Crippen LogP contribution in [0.3, 0.4) is 0 Å². The molecule has 0 atom stereocenters. The number of anilines is 1. The van der Waals surface area contributed by atoms with Gasteiger partial charge in [-0.2, -0.15) is 0 Å². The minimum Gasteiger partial charge on any atom is -0.494 e. The van der Waals surface area contributed by atoms with Crippen molar-refractivity contribution in [2.75, 3.05) is 11.9 Å². The van der Waals surface area contributed by atoms with E-state index in [-0.39, 0.29) is 5.91 Å². The summed E-state index contributed by atoms with van der Waals surface area (Å²) in [5.74, 6) is 0.811. The zero-order valence-electron chi connectivity index (χ0n) is 11.2. The molecule has 0 saturated carbocycles. The molecule has 0 aliphatic heterocycles. The Morgan fingerprint density at radius 1 is 1.20 bits per heavy atom. The third-order valence-electron chi connectivity index (χ3n) is 2.71. The van der Waals surface area contributed by atoms with Gasteiger partial charge in [-0.1, -0.05) is 18.2 Å². The predicted octanol–water partition coefficient (Wildman–Crippen LogP) is 3.87. The van der Waals surface area contributed by atoms with Gasteiger partial charge in [-0.25, -0.2) is 0 Å². The van der Waals surface area contributed by atoms with Crippen LogP contribution in [0.15, 0.2) is 48.5 Å². The summed E-state index contributed by atoms with van der Waals surface area (Å²) >= 11 is 2.22. The molecule has 1 amide bonds. The van der Waals surface area contributed by atoms with Crippen LogP contribution in [0.2, 0.25) is 0 Å². The average molecular weight is 381 g/mol. The number of carbonyl (C=O) groups is 1. The van der Waals surface area contributed by atoms with E-state index in [2.05, 4.69) is 27.9 Å². The largest absolute Gasteiger partial charge is 0.494 e. The third-order valence-corrected chi connectivity index (χ3v) is 3.38. The molecule has 2 aromatic carbocycles. The topological polar surface area (TPSA) is 38.3 Å². The van der Waals surface area contributed by atoms with Crippen molar-refractivity contribution in [2.24, 2.45) is 0 Å². The summed E-state index contributed by atoms with van der Waals surface area (Å²) in [6.45, 7) is 2.59. The first-order chi connectivity index (χ1) is 9.67. The van der Waals surface area contributed by atoms with Gasteiger partial charge in [0.15, 0.2) is 0 Å². The SMILES string of the molecule is CCOc1ccc(CC(=O)Nc2cccc(I)c2)cc1. The maximum atomic E-state index is 12.0. The van der Waals surface area contributed by atoms with Gasteiger partial charge in [0.1, 0.15) is 5.75 Å². The summed E-state index contributed by atoms with van der Waals surface area (Å²) in [6, 6.07) is 15.3. The van der Waals surface area contributed by atoms with Crippen molar-refractivity contribution in [2.45, 2.75) is 13.3 Å². The molecule has 0 fully saturated rings. The van der Waals surface area contributed by atoms with Gasteiger partial charge in [-0.3, -0.25) is 4.79 Å². The molecule has 3 nitrogen and oxygen atoms in total. The Hall–Kier alpha value is -1.56. The van der Waals surface area contributed by atoms with Crippen LogP contribution in [0.5, 0.6) is 5.75 Å². The first-order valence-corrected chi connectivity index (χ1v) is 7.52. The van der Waals surface area contributed by atoms with Gasteiger partial charge in [-0.15, -0.1) is 0 Å². The predicted molar refractivity (Wildman–Crippen MR) is 89.1 cm³/mol. The van der Waals surface area contributed by atoms with Crippen LogP contribution in [0.25, 0.3) is 0 Å². The fourth-order valence-corrected chi connectivity index (χ4v) is 2.37. The van der Waals surface area contributed by atoms with Crippen molar-refractivity contribution in [3.8, 4) is 5.75 Å². The summed E-state index contributed by atoms with van der Waals surface area (Å²) in [6.07, 6.45) is 0.359. The number of amides is 1. The number of nitrogens with one attached hydrogen (secondary N) is 1. The van der Waals surface area contributed by atoms with Crippen molar-refractivity contribution < 1.29 is 9.53 Å². The highest BCUT2D eigenvalue weighted by atomic mass is 127. The van der Waals surface area contributed by atoms with Gasteiger partial charge >= 0.3 is 0 Å². The smallest absolute Gasteiger partial charge is 0.228 e. The zero-order valence-corrected chi connectivity index (χ0v) is 13.4. The molecule has 0 aromatic heterocycles. The molecule has 0 spiro atoms. The highest BCUT2D eigenvalue weighted by molar-refractivity contribution is 14.1. The Morgan fingerprint density at radius 2 is 1.95 bits per heavy atom. The van der Waals surface area contributed by atoms with Crippen LogP contribution in [0.4, 0.5) is 5.69 Å². The van der Waals surface area contributed by atoms with Gasteiger partial charge in [0.25, 0.3) is 0 Å². The van der Waals surface area contributed by atoms with E-state index in [1.54, 1.807) is 0 Å². The van der Waals surface area contributed by atoms with Crippen molar-refractivity contribution in [1.82, 2.24) is 0 Å². The van der Waals surface area contributed by atoms with Crippen molar-refractivity contribution in [3.05, 3.63) is 57.7 Å². The summed E-state index contributed by atoms with van der Waals surface area (Å²) in [5, 5.41) is 2.90. The normalized spacial score (nSPS) is 10.1. The highest BCUT2D eigenvalue weighted by Crippen LogP contribution is 2.15. The Bertz CT molecular complexity index is 581. The molecule has 4 heteroatoms. The molecule has 0 aliphatic rings. The fraction of sp³-hybridized carbons (Fsp3) is 0.188. The quantitative estimate of drug-likeness (QED) is 0.799. The minimum absolute atomic E-state index is 0.0174. The van der Waals surface area contributed by atoms with Gasteiger partial charge in [0.05, 0.1) is 13.0 Å². The minimum atomic E-state index is -0.0174. The van der Waals surface area contributed by atoms with E-state index in [1.165, 1.54) is 0 Å². The number of benzene rings is 2. The van der Waals surface area contributed by atoms with E-state index in [4.69, 9.17) is 4.74 Å². The van der Waals surface area contributed by atoms with Gasteiger partial charge in [-0.05, 0) is 65.4 Å². The van der Waals surface area contributed by atoms with Gasteiger partial charge < -0.3 is 10.1 Å². The van der Waals surface area contributed by atoms with E-state index in [0.717, 1.165) is 20.6 Å². The average Bonchev–Trinajstić information content (AvgIpc) is 2.41. The van der Waals surface area contributed by atoms with E-state index in [9.17, 15) is 4.79 Å². The molecule has 20 heavy (non-hydrogen) atoms. The Labute approximate surface area is 132 Å². The van der Waals surface area contributed by atoms with E-state index in [0.29, 0.717) is 13.0 Å². The number of hydrogen-bond acceptors (Lipinski definition) is 2. The highest BCUT2D eigenvalue weighted by Gasteiger charge is 2.04. The maximum Gasteiger partial charge on any atom is 0.228 e. The van der Waals surface area contributed by atoms with Crippen LogP contribution in [-0.4, -0.2) is 12.5 Å². The lowest BCUT2D eigenvalue weighted by Crippen LogP contribution is -2.14. The Kier molecular flexibility index (Phi) is 5.40. The lowest BCUT2D eigenvalue weighted by molar-refractivity contribution is -0.115. The zero-order chi connectivity index (χ0) is 14.4.